The number of aromatic amines is 1. The second-order valence-corrected chi connectivity index (χ2v) is 9.83. The molecule has 3 aromatic carbocycles. The van der Waals surface area contributed by atoms with Crippen LogP contribution in [0.25, 0.3) is 32.7 Å². The number of rotatable bonds is 0. The Labute approximate surface area is 232 Å². The molecule has 0 aliphatic heterocycles. The standard InChI is InChI=1S/2C8H7BrN2.C7H5BrN2.2CH4.FH.2H2/c1-11-5-6-4-7(9)2-3-8(6)10-11;1-11-8-3-2-7(9)4-6(8)5-10-11;8-6-1-2-7-5(3-6)4-9-10-7;;;;;/h2*2-5H,1H3;1-4H,(H,9,10);2*1H4;3*1H/i;;;;;;1+1;. The van der Waals surface area contributed by atoms with E-state index in [0.717, 1.165) is 35.4 Å². The first-order chi connectivity index (χ1) is 15.4. The number of H-pyrrole nitrogens is 1. The zero-order valence-electron chi connectivity index (χ0n) is 17.7. The molecule has 190 valence electrons. The van der Waals surface area contributed by atoms with E-state index >= 15 is 0 Å². The molecule has 0 unspecified atom stereocenters. The fourth-order valence-electron chi connectivity index (χ4n) is 3.17. The Morgan fingerprint density at radius 2 is 1.40 bits per heavy atom. The van der Waals surface area contributed by atoms with E-state index in [1.807, 2.05) is 78.3 Å². The maximum Gasteiger partial charge on any atom is 0.0923 e. The highest BCUT2D eigenvalue weighted by molar-refractivity contribution is 9.11. The Bertz CT molecular complexity index is 1510. The van der Waals surface area contributed by atoms with Gasteiger partial charge in [-0.2, -0.15) is 15.3 Å². The molecule has 6 nitrogen and oxygen atoms in total. The van der Waals surface area contributed by atoms with Crippen molar-refractivity contribution in [3.8, 4) is 0 Å². The number of nitrogens with one attached hydrogen (secondary N) is 1. The van der Waals surface area contributed by atoms with Crippen LogP contribution in [0.3, 0.4) is 0 Å². The highest BCUT2D eigenvalue weighted by Gasteiger charge is 1.98. The molecule has 0 aliphatic rings. The SMILES string of the molecule is Brc1ccc2[nH]ncc2c1.C.C.Cn1cc2cc(Br)ccc2n1.Cn1ncc2cc(Br)ccc21.F.[2HH].[HH]. The predicted octanol–water partition coefficient (Wildman–Crippen LogP) is 8.91. The smallest absolute Gasteiger partial charge is 0.0923 e. The summed E-state index contributed by atoms with van der Waals surface area (Å²) in [4.78, 5) is 0. The summed E-state index contributed by atoms with van der Waals surface area (Å²) in [5.41, 5.74) is 3.27. The molecule has 3 aromatic heterocycles. The van der Waals surface area contributed by atoms with Gasteiger partial charge in [0.1, 0.15) is 0 Å². The molecule has 0 spiro atoms. The molecular weight excluding hydrogens is 643 g/mol. The molecule has 3 heterocycles. The van der Waals surface area contributed by atoms with Crippen LogP contribution >= 0.6 is 47.8 Å². The lowest BCUT2D eigenvalue weighted by molar-refractivity contribution is 0.780. The van der Waals surface area contributed by atoms with E-state index in [4.69, 9.17) is 0 Å². The Kier molecular flexibility index (Phi) is 11.8. The zero-order valence-corrected chi connectivity index (χ0v) is 22.5. The molecule has 0 aliphatic carbocycles. The normalized spacial score (nSPS) is 9.74. The van der Waals surface area contributed by atoms with Gasteiger partial charge >= 0.3 is 0 Å². The van der Waals surface area contributed by atoms with Crippen molar-refractivity contribution in [1.29, 1.82) is 0 Å². The molecule has 1 N–H and O–H groups in total. The third kappa shape index (κ3) is 7.71. The maximum atomic E-state index is 4.25. The average Bonchev–Trinajstić information content (AvgIpc) is 3.46. The largest absolute Gasteiger partial charge is 0.278 e. The van der Waals surface area contributed by atoms with E-state index in [-0.39, 0.29) is 22.4 Å². The summed E-state index contributed by atoms with van der Waals surface area (Å²) in [6.45, 7) is 0. The van der Waals surface area contributed by atoms with Crippen molar-refractivity contribution >= 4 is 80.5 Å². The first kappa shape index (κ1) is 30.5. The van der Waals surface area contributed by atoms with Crippen LogP contribution in [-0.2, 0) is 14.1 Å². The second-order valence-electron chi connectivity index (χ2n) is 7.08. The Hall–Kier alpha value is -2.56. The molecule has 0 saturated heterocycles. The van der Waals surface area contributed by atoms with Crippen molar-refractivity contribution in [3.05, 3.63) is 86.6 Å². The Balaban J connectivity index is 0. The lowest BCUT2D eigenvalue weighted by atomic mass is 10.3. The number of halogens is 4. The van der Waals surface area contributed by atoms with E-state index in [9.17, 15) is 0 Å². The van der Waals surface area contributed by atoms with E-state index in [0.29, 0.717) is 0 Å². The third-order valence-corrected chi connectivity index (χ3v) is 6.17. The molecule has 0 bridgehead atoms. The molecule has 0 saturated carbocycles. The average molecular weight is 676 g/mol. The number of aromatic nitrogens is 6. The van der Waals surface area contributed by atoms with Gasteiger partial charge in [0.2, 0.25) is 0 Å². The monoisotopic (exact) mass is 673 g/mol. The van der Waals surface area contributed by atoms with Gasteiger partial charge in [-0.3, -0.25) is 19.2 Å². The number of benzene rings is 3. The van der Waals surface area contributed by atoms with Gasteiger partial charge in [-0.05, 0) is 54.6 Å². The zero-order chi connectivity index (χ0) is 22.7. The van der Waals surface area contributed by atoms with Gasteiger partial charge in [-0.1, -0.05) is 62.6 Å². The minimum Gasteiger partial charge on any atom is -0.278 e. The van der Waals surface area contributed by atoms with Crippen LogP contribution in [-0.4, -0.2) is 29.8 Å². The van der Waals surface area contributed by atoms with Crippen LogP contribution in [0.5, 0.6) is 0 Å². The predicted molar refractivity (Wildman–Crippen MR) is 161 cm³/mol. The molecule has 0 radical (unpaired) electrons. The molecule has 6 aromatic rings. The van der Waals surface area contributed by atoms with Gasteiger partial charge in [-0.25, -0.2) is 0 Å². The van der Waals surface area contributed by atoms with Crippen LogP contribution in [0.4, 0.5) is 4.70 Å². The lowest BCUT2D eigenvalue weighted by Gasteiger charge is -1.92. The summed E-state index contributed by atoms with van der Waals surface area (Å²) in [6, 6.07) is 18.2. The summed E-state index contributed by atoms with van der Waals surface area (Å²) >= 11 is 10.2. The van der Waals surface area contributed by atoms with Crippen LogP contribution in [0.2, 0.25) is 0 Å². The van der Waals surface area contributed by atoms with E-state index in [2.05, 4.69) is 80.3 Å². The van der Waals surface area contributed by atoms with Crippen LogP contribution in [0.15, 0.2) is 86.6 Å². The molecule has 10 heteroatoms. The van der Waals surface area contributed by atoms with Gasteiger partial charge in [0.15, 0.2) is 0 Å². The summed E-state index contributed by atoms with van der Waals surface area (Å²) in [6.07, 6.45) is 5.67. The van der Waals surface area contributed by atoms with Gasteiger partial charge < -0.3 is 0 Å². The molecular formula is C25H32Br3FN6. The summed E-state index contributed by atoms with van der Waals surface area (Å²) < 4.78 is 6.95. The number of nitrogens with zero attached hydrogens (tertiary/aromatic N) is 5. The first-order valence-corrected chi connectivity index (χ1v) is 12.0. The fourth-order valence-corrected chi connectivity index (χ4v) is 4.30. The quantitative estimate of drug-likeness (QED) is 0.175. The molecule has 6 rings (SSSR count). The highest BCUT2D eigenvalue weighted by Crippen LogP contribution is 2.19. The minimum atomic E-state index is 0. The number of hydrogen-bond donors (Lipinski definition) is 1. The highest BCUT2D eigenvalue weighted by atomic mass is 79.9. The Morgan fingerprint density at radius 1 is 0.800 bits per heavy atom. The number of hydrogen-bond acceptors (Lipinski definition) is 3. The van der Waals surface area contributed by atoms with Gasteiger partial charge in [-0.15, -0.1) is 0 Å². The van der Waals surface area contributed by atoms with E-state index < -0.39 is 0 Å². The van der Waals surface area contributed by atoms with Crippen molar-refractivity contribution in [2.24, 2.45) is 14.1 Å². The van der Waals surface area contributed by atoms with Crippen molar-refractivity contribution in [1.82, 2.24) is 29.8 Å². The summed E-state index contributed by atoms with van der Waals surface area (Å²) in [7, 11) is 3.87. The van der Waals surface area contributed by atoms with Crippen molar-refractivity contribution < 1.29 is 7.56 Å². The minimum absolute atomic E-state index is 0. The summed E-state index contributed by atoms with van der Waals surface area (Å²) in [5, 5.41) is 18.6. The molecule has 35 heavy (non-hydrogen) atoms. The maximum absolute atomic E-state index is 4.25. The van der Waals surface area contributed by atoms with Crippen molar-refractivity contribution in [2.75, 3.05) is 0 Å². The van der Waals surface area contributed by atoms with E-state index in [1.165, 1.54) is 10.8 Å². The number of aryl methyl sites for hydroxylation is 2. The van der Waals surface area contributed by atoms with Crippen LogP contribution < -0.4 is 0 Å². The van der Waals surface area contributed by atoms with E-state index in [1.54, 1.807) is 6.20 Å². The van der Waals surface area contributed by atoms with Crippen molar-refractivity contribution in [3.63, 3.8) is 0 Å². The molecule has 0 fully saturated rings. The third-order valence-electron chi connectivity index (χ3n) is 4.69. The van der Waals surface area contributed by atoms with Crippen LogP contribution in [0, 0.1) is 0 Å². The van der Waals surface area contributed by atoms with Crippen LogP contribution in [0.1, 0.15) is 17.7 Å². The van der Waals surface area contributed by atoms with Gasteiger partial charge in [0, 0.05) is 52.7 Å². The Morgan fingerprint density at radius 3 is 2.11 bits per heavy atom. The lowest BCUT2D eigenvalue weighted by Crippen LogP contribution is -1.87. The van der Waals surface area contributed by atoms with Crippen molar-refractivity contribution in [2.45, 2.75) is 14.9 Å². The first-order valence-electron chi connectivity index (χ1n) is 9.64. The number of fused-ring (bicyclic) bond motifs is 3. The van der Waals surface area contributed by atoms with Gasteiger partial charge in [0.25, 0.3) is 0 Å². The van der Waals surface area contributed by atoms with Gasteiger partial charge in [0.05, 0.1) is 28.9 Å². The molecule has 0 atom stereocenters. The summed E-state index contributed by atoms with van der Waals surface area (Å²) in [5.74, 6) is 0. The second kappa shape index (κ2) is 13.5. The molecule has 0 amide bonds. The topological polar surface area (TPSA) is 64.3 Å². The fraction of sp³-hybridized carbons (Fsp3) is 0.160.